The van der Waals surface area contributed by atoms with Crippen LogP contribution in [0.25, 0.3) is 0 Å². The molecule has 1 aliphatic rings. The third-order valence-corrected chi connectivity index (χ3v) is 4.92. The zero-order valence-electron chi connectivity index (χ0n) is 13.2. The van der Waals surface area contributed by atoms with Crippen molar-refractivity contribution in [3.8, 4) is 0 Å². The summed E-state index contributed by atoms with van der Waals surface area (Å²) in [5.74, 6) is 1.57. The molecule has 21 heavy (non-hydrogen) atoms. The molecule has 0 aromatic heterocycles. The van der Waals surface area contributed by atoms with Gasteiger partial charge in [-0.3, -0.25) is 4.79 Å². The molecule has 2 unspecified atom stereocenters. The SMILES string of the molecule is Cc1ccc(C(=O)NCCN2CC(C)CC(C)C2)c(I)c1. The van der Waals surface area contributed by atoms with E-state index in [4.69, 9.17) is 0 Å². The number of aryl methyl sites for hydroxylation is 1. The molecule has 4 heteroatoms. The minimum atomic E-state index is 0.0394. The van der Waals surface area contributed by atoms with E-state index in [9.17, 15) is 4.79 Å². The molecule has 0 aliphatic carbocycles. The molecule has 1 aliphatic heterocycles. The summed E-state index contributed by atoms with van der Waals surface area (Å²) in [5.41, 5.74) is 1.97. The summed E-state index contributed by atoms with van der Waals surface area (Å²) in [6.07, 6.45) is 1.32. The van der Waals surface area contributed by atoms with Crippen LogP contribution >= 0.6 is 22.6 Å². The molecule has 0 bridgehead atoms. The van der Waals surface area contributed by atoms with E-state index < -0.39 is 0 Å². The van der Waals surface area contributed by atoms with Gasteiger partial charge in [0.2, 0.25) is 0 Å². The van der Waals surface area contributed by atoms with Crippen LogP contribution in [-0.2, 0) is 0 Å². The lowest BCUT2D eigenvalue weighted by Gasteiger charge is -2.34. The van der Waals surface area contributed by atoms with E-state index in [1.165, 1.54) is 12.0 Å². The Morgan fingerprint density at radius 3 is 2.62 bits per heavy atom. The van der Waals surface area contributed by atoms with Crippen molar-refractivity contribution < 1.29 is 4.79 Å². The standard InChI is InChI=1S/C17H25IN2O/c1-12-4-5-15(16(18)9-12)17(21)19-6-7-20-10-13(2)8-14(3)11-20/h4-5,9,13-14H,6-8,10-11H2,1-3H3,(H,19,21). The molecule has 2 atom stereocenters. The average molecular weight is 400 g/mol. The highest BCUT2D eigenvalue weighted by Gasteiger charge is 2.21. The minimum Gasteiger partial charge on any atom is -0.351 e. The van der Waals surface area contributed by atoms with Gasteiger partial charge in [0.15, 0.2) is 0 Å². The van der Waals surface area contributed by atoms with Crippen molar-refractivity contribution in [2.24, 2.45) is 11.8 Å². The molecule has 1 saturated heterocycles. The van der Waals surface area contributed by atoms with Crippen molar-refractivity contribution in [2.45, 2.75) is 27.2 Å². The monoisotopic (exact) mass is 400 g/mol. The molecule has 3 nitrogen and oxygen atoms in total. The summed E-state index contributed by atoms with van der Waals surface area (Å²) in [6.45, 7) is 10.7. The summed E-state index contributed by atoms with van der Waals surface area (Å²) in [4.78, 5) is 14.7. The lowest BCUT2D eigenvalue weighted by Crippen LogP contribution is -2.42. The zero-order valence-corrected chi connectivity index (χ0v) is 15.3. The first-order valence-electron chi connectivity index (χ1n) is 7.72. The number of amides is 1. The quantitative estimate of drug-likeness (QED) is 0.787. The predicted octanol–water partition coefficient (Wildman–Crippen LogP) is 3.31. The van der Waals surface area contributed by atoms with Crippen LogP contribution in [0.5, 0.6) is 0 Å². The van der Waals surface area contributed by atoms with Crippen molar-refractivity contribution in [1.82, 2.24) is 10.2 Å². The molecule has 0 radical (unpaired) electrons. The summed E-state index contributed by atoms with van der Waals surface area (Å²) in [7, 11) is 0. The average Bonchev–Trinajstić information content (AvgIpc) is 2.37. The molecule has 1 aromatic carbocycles. The van der Waals surface area contributed by atoms with E-state index in [1.807, 2.05) is 25.1 Å². The maximum atomic E-state index is 12.2. The highest BCUT2D eigenvalue weighted by molar-refractivity contribution is 14.1. The first kappa shape index (κ1) is 16.7. The normalized spacial score (nSPS) is 23.0. The van der Waals surface area contributed by atoms with Gasteiger partial charge in [0.05, 0.1) is 5.56 Å². The number of carbonyl (C=O) groups excluding carboxylic acids is 1. The number of hydrogen-bond donors (Lipinski definition) is 1. The fraction of sp³-hybridized carbons (Fsp3) is 0.588. The number of rotatable bonds is 4. The lowest BCUT2D eigenvalue weighted by atomic mass is 9.92. The van der Waals surface area contributed by atoms with Crippen molar-refractivity contribution in [3.05, 3.63) is 32.9 Å². The van der Waals surface area contributed by atoms with Crippen molar-refractivity contribution in [3.63, 3.8) is 0 Å². The molecule has 2 rings (SSSR count). The molecule has 1 amide bonds. The number of nitrogens with one attached hydrogen (secondary N) is 1. The van der Waals surface area contributed by atoms with Crippen LogP contribution in [0.4, 0.5) is 0 Å². The molecular weight excluding hydrogens is 375 g/mol. The van der Waals surface area contributed by atoms with Crippen LogP contribution in [0.1, 0.15) is 36.2 Å². The Hall–Kier alpha value is -0.620. The van der Waals surface area contributed by atoms with Crippen LogP contribution in [0.3, 0.4) is 0 Å². The van der Waals surface area contributed by atoms with Crippen LogP contribution in [-0.4, -0.2) is 37.0 Å². The molecule has 116 valence electrons. The second-order valence-corrected chi connectivity index (χ2v) is 7.61. The van der Waals surface area contributed by atoms with Crippen molar-refractivity contribution >= 4 is 28.5 Å². The predicted molar refractivity (Wildman–Crippen MR) is 95.6 cm³/mol. The zero-order chi connectivity index (χ0) is 15.4. The van der Waals surface area contributed by atoms with Crippen molar-refractivity contribution in [2.75, 3.05) is 26.2 Å². The largest absolute Gasteiger partial charge is 0.351 e. The maximum Gasteiger partial charge on any atom is 0.252 e. The van der Waals surface area contributed by atoms with E-state index in [0.29, 0.717) is 0 Å². The second-order valence-electron chi connectivity index (χ2n) is 6.44. The highest BCUT2D eigenvalue weighted by Crippen LogP contribution is 2.20. The number of halogens is 1. The molecule has 1 fully saturated rings. The Kier molecular flexibility index (Phi) is 6.05. The van der Waals surface area contributed by atoms with Gasteiger partial charge in [-0.1, -0.05) is 25.5 Å². The number of nitrogens with zero attached hydrogens (tertiary/aromatic N) is 1. The van der Waals surface area contributed by atoms with E-state index in [2.05, 4.69) is 46.7 Å². The topological polar surface area (TPSA) is 32.3 Å². The van der Waals surface area contributed by atoms with Gasteiger partial charge in [-0.2, -0.15) is 0 Å². The fourth-order valence-electron chi connectivity index (χ4n) is 3.20. The lowest BCUT2D eigenvalue weighted by molar-refractivity contribution is 0.0936. The Bertz CT molecular complexity index is 494. The summed E-state index contributed by atoms with van der Waals surface area (Å²) in [5, 5.41) is 3.05. The van der Waals surface area contributed by atoms with E-state index >= 15 is 0 Å². The molecule has 1 heterocycles. The van der Waals surface area contributed by atoms with Crippen LogP contribution in [0.2, 0.25) is 0 Å². The van der Waals surface area contributed by atoms with E-state index in [-0.39, 0.29) is 5.91 Å². The van der Waals surface area contributed by atoms with E-state index in [1.54, 1.807) is 0 Å². The Morgan fingerprint density at radius 2 is 2.00 bits per heavy atom. The Balaban J connectivity index is 1.81. The highest BCUT2D eigenvalue weighted by atomic mass is 127. The Labute approximate surface area is 141 Å². The van der Waals surface area contributed by atoms with E-state index in [0.717, 1.165) is 47.1 Å². The molecule has 0 spiro atoms. The molecule has 1 aromatic rings. The summed E-state index contributed by atoms with van der Waals surface area (Å²) >= 11 is 2.23. The Morgan fingerprint density at radius 1 is 1.33 bits per heavy atom. The third-order valence-electron chi connectivity index (χ3n) is 4.03. The van der Waals surface area contributed by atoms with Gasteiger partial charge in [-0.15, -0.1) is 0 Å². The first-order chi connectivity index (χ1) is 9.95. The van der Waals surface area contributed by atoms with Crippen molar-refractivity contribution in [1.29, 1.82) is 0 Å². The van der Waals surface area contributed by atoms with Gasteiger partial charge in [0.25, 0.3) is 5.91 Å². The van der Waals surface area contributed by atoms with Crippen LogP contribution in [0, 0.1) is 22.3 Å². The maximum absolute atomic E-state index is 12.2. The van der Waals surface area contributed by atoms with Gasteiger partial charge >= 0.3 is 0 Å². The number of likely N-dealkylation sites (tertiary alicyclic amines) is 1. The minimum absolute atomic E-state index is 0.0394. The summed E-state index contributed by atoms with van der Waals surface area (Å²) < 4.78 is 1.02. The van der Waals surface area contributed by atoms with Crippen LogP contribution < -0.4 is 5.32 Å². The molecular formula is C17H25IN2O. The van der Waals surface area contributed by atoms with Gasteiger partial charge < -0.3 is 10.2 Å². The molecule has 1 N–H and O–H groups in total. The second kappa shape index (κ2) is 7.58. The number of benzene rings is 1. The van der Waals surface area contributed by atoms with Gasteiger partial charge in [-0.05, 0) is 59.9 Å². The molecule has 0 saturated carbocycles. The smallest absolute Gasteiger partial charge is 0.252 e. The third kappa shape index (κ3) is 4.95. The number of hydrogen-bond acceptors (Lipinski definition) is 2. The number of piperidine rings is 1. The van der Waals surface area contributed by atoms with Gasteiger partial charge in [0, 0.05) is 29.7 Å². The van der Waals surface area contributed by atoms with Gasteiger partial charge in [0.1, 0.15) is 0 Å². The van der Waals surface area contributed by atoms with Gasteiger partial charge in [-0.25, -0.2) is 0 Å². The van der Waals surface area contributed by atoms with Crippen LogP contribution in [0.15, 0.2) is 18.2 Å². The number of carbonyl (C=O) groups is 1. The summed E-state index contributed by atoms with van der Waals surface area (Å²) in [6, 6.07) is 5.95. The first-order valence-corrected chi connectivity index (χ1v) is 8.80. The fourth-order valence-corrected chi connectivity index (χ4v) is 4.12.